The topological polar surface area (TPSA) is 84.9 Å². The molecule has 0 heterocycles. The van der Waals surface area contributed by atoms with E-state index in [0.717, 1.165) is 11.1 Å². The second kappa shape index (κ2) is 13.5. The van der Waals surface area contributed by atoms with E-state index in [-0.39, 0.29) is 12.3 Å². The molecular weight excluding hydrogens is 442 g/mol. The number of hydrogen-bond donors (Lipinski definition) is 2. The maximum absolute atomic E-state index is 12.7. The fraction of sp³-hybridized carbons (Fsp3) is 0.379. The number of amides is 1. The third kappa shape index (κ3) is 10.6. The van der Waals surface area contributed by atoms with Gasteiger partial charge in [-0.15, -0.1) is 0 Å². The van der Waals surface area contributed by atoms with Crippen LogP contribution in [0.15, 0.2) is 72.8 Å². The molecule has 6 heteroatoms. The predicted molar refractivity (Wildman–Crippen MR) is 139 cm³/mol. The zero-order chi connectivity index (χ0) is 25.8. The summed E-state index contributed by atoms with van der Waals surface area (Å²) in [4.78, 5) is 25.3. The van der Waals surface area contributed by atoms with Crippen molar-refractivity contribution in [1.82, 2.24) is 5.32 Å². The van der Waals surface area contributed by atoms with Gasteiger partial charge in [-0.1, -0.05) is 67.6 Å². The van der Waals surface area contributed by atoms with Crippen molar-refractivity contribution in [2.45, 2.75) is 58.3 Å². The van der Waals surface area contributed by atoms with Gasteiger partial charge in [-0.2, -0.15) is 0 Å². The summed E-state index contributed by atoms with van der Waals surface area (Å²) in [5, 5.41) is 13.2. The maximum atomic E-state index is 12.7. The molecule has 35 heavy (non-hydrogen) atoms. The maximum Gasteiger partial charge on any atom is 0.329 e. The second-order valence-corrected chi connectivity index (χ2v) is 9.48. The lowest BCUT2D eigenvalue weighted by Crippen LogP contribution is -2.45. The van der Waals surface area contributed by atoms with E-state index in [2.05, 4.69) is 5.32 Å². The summed E-state index contributed by atoms with van der Waals surface area (Å²) in [6.45, 7) is 7.27. The smallest absolute Gasteiger partial charge is 0.329 e. The minimum atomic E-state index is -0.850. The van der Waals surface area contributed by atoms with E-state index in [9.17, 15) is 14.7 Å². The van der Waals surface area contributed by atoms with Gasteiger partial charge in [-0.05, 0) is 56.5 Å². The number of aliphatic hydroxyl groups excluding tert-OH is 1. The zero-order valence-corrected chi connectivity index (χ0v) is 21.2. The first-order valence-corrected chi connectivity index (χ1v) is 11.8. The molecule has 0 saturated heterocycles. The quantitative estimate of drug-likeness (QED) is 0.360. The number of rotatable bonds is 11. The first kappa shape index (κ1) is 27.9. The van der Waals surface area contributed by atoms with Crippen LogP contribution < -0.4 is 10.1 Å². The molecule has 0 aliphatic rings. The van der Waals surface area contributed by atoms with Crippen molar-refractivity contribution in [1.29, 1.82) is 0 Å². The monoisotopic (exact) mass is 479 g/mol. The summed E-state index contributed by atoms with van der Waals surface area (Å²) in [7, 11) is 1.59. The lowest BCUT2D eigenvalue weighted by atomic mass is 10.00. The van der Waals surface area contributed by atoms with E-state index in [0.29, 0.717) is 12.2 Å². The molecule has 0 aliphatic heterocycles. The lowest BCUT2D eigenvalue weighted by molar-refractivity contribution is -0.158. The molecule has 0 radical (unpaired) electrons. The van der Waals surface area contributed by atoms with E-state index >= 15 is 0 Å². The fourth-order valence-electron chi connectivity index (χ4n) is 3.27. The number of benzene rings is 2. The van der Waals surface area contributed by atoms with E-state index in [1.54, 1.807) is 46.1 Å². The van der Waals surface area contributed by atoms with Gasteiger partial charge < -0.3 is 19.9 Å². The minimum absolute atomic E-state index is 0.0903. The highest BCUT2D eigenvalue weighted by Crippen LogP contribution is 2.16. The molecule has 2 aromatic carbocycles. The summed E-state index contributed by atoms with van der Waals surface area (Å²) in [6.07, 6.45) is 6.83. The van der Waals surface area contributed by atoms with E-state index in [1.165, 1.54) is 6.08 Å². The first-order chi connectivity index (χ1) is 16.6. The summed E-state index contributed by atoms with van der Waals surface area (Å²) in [6, 6.07) is 16.3. The average Bonchev–Trinajstić information content (AvgIpc) is 2.82. The van der Waals surface area contributed by atoms with Crippen LogP contribution >= 0.6 is 0 Å². The minimum Gasteiger partial charge on any atom is -0.497 e. The van der Waals surface area contributed by atoms with Gasteiger partial charge in [-0.3, -0.25) is 4.79 Å². The molecule has 1 amide bonds. The Morgan fingerprint density at radius 1 is 1.06 bits per heavy atom. The SMILES string of the molecule is COc1ccc(C[C@@H](NC(=O)/C=C/C[C@H](O)[C@H](C)/C=C/c2ccccc2)C(=O)OC(C)(C)C)cc1. The molecule has 0 aliphatic carbocycles. The molecule has 0 aromatic heterocycles. The molecule has 0 fully saturated rings. The number of methoxy groups -OCH3 is 1. The van der Waals surface area contributed by atoms with Crippen molar-refractivity contribution in [3.63, 3.8) is 0 Å². The van der Waals surface area contributed by atoms with Crippen molar-refractivity contribution in [2.75, 3.05) is 7.11 Å². The molecule has 2 N–H and O–H groups in total. The van der Waals surface area contributed by atoms with Crippen molar-refractivity contribution < 1.29 is 24.2 Å². The normalized spacial score (nSPS) is 14.5. The van der Waals surface area contributed by atoms with Crippen LogP contribution in [0.2, 0.25) is 0 Å². The van der Waals surface area contributed by atoms with Crippen LogP contribution in [0.3, 0.4) is 0 Å². The number of nitrogens with one attached hydrogen (secondary N) is 1. The van der Waals surface area contributed by atoms with Gasteiger partial charge in [0.1, 0.15) is 17.4 Å². The summed E-state index contributed by atoms with van der Waals surface area (Å²) in [5.74, 6) is -0.308. The summed E-state index contributed by atoms with van der Waals surface area (Å²) >= 11 is 0. The van der Waals surface area contributed by atoms with Crippen molar-refractivity contribution in [2.24, 2.45) is 5.92 Å². The van der Waals surface area contributed by atoms with Crippen LogP contribution in [0.25, 0.3) is 6.08 Å². The van der Waals surface area contributed by atoms with Crippen molar-refractivity contribution in [3.05, 3.63) is 84.0 Å². The highest BCUT2D eigenvalue weighted by molar-refractivity contribution is 5.91. The van der Waals surface area contributed by atoms with Gasteiger partial charge >= 0.3 is 5.97 Å². The van der Waals surface area contributed by atoms with Crippen LogP contribution in [-0.4, -0.2) is 41.8 Å². The van der Waals surface area contributed by atoms with Crippen molar-refractivity contribution in [3.8, 4) is 5.75 Å². The number of aliphatic hydroxyl groups is 1. The largest absolute Gasteiger partial charge is 0.497 e. The highest BCUT2D eigenvalue weighted by atomic mass is 16.6. The van der Waals surface area contributed by atoms with Crippen molar-refractivity contribution >= 4 is 18.0 Å². The molecule has 0 unspecified atom stereocenters. The molecule has 2 aromatic rings. The summed E-state index contributed by atoms with van der Waals surface area (Å²) < 4.78 is 10.7. The van der Waals surface area contributed by atoms with Crippen LogP contribution in [-0.2, 0) is 20.7 Å². The van der Waals surface area contributed by atoms with E-state index in [4.69, 9.17) is 9.47 Å². The Kier molecular flexibility index (Phi) is 10.7. The Morgan fingerprint density at radius 3 is 2.31 bits per heavy atom. The molecular formula is C29H37NO5. The Balaban J connectivity index is 1.96. The third-order valence-electron chi connectivity index (χ3n) is 5.25. The molecule has 2 rings (SSSR count). The highest BCUT2D eigenvalue weighted by Gasteiger charge is 2.26. The molecule has 3 atom stereocenters. The molecule has 0 saturated carbocycles. The summed E-state index contributed by atoms with van der Waals surface area (Å²) in [5.41, 5.74) is 1.25. The van der Waals surface area contributed by atoms with E-state index < -0.39 is 29.6 Å². The number of esters is 1. The number of carbonyl (C=O) groups excluding carboxylic acids is 2. The Morgan fingerprint density at radius 2 is 1.71 bits per heavy atom. The first-order valence-electron chi connectivity index (χ1n) is 11.8. The van der Waals surface area contributed by atoms with Crippen LogP contribution in [0, 0.1) is 5.92 Å². The van der Waals surface area contributed by atoms with Crippen LogP contribution in [0.5, 0.6) is 5.75 Å². The van der Waals surface area contributed by atoms with Gasteiger partial charge in [0.2, 0.25) is 5.91 Å². The predicted octanol–water partition coefficient (Wildman–Crippen LogP) is 4.72. The van der Waals surface area contributed by atoms with Gasteiger partial charge in [0.05, 0.1) is 13.2 Å². The standard InChI is InChI=1S/C29H37NO5/c1-21(14-15-22-10-7-6-8-11-22)26(31)12-9-13-27(32)30-25(28(33)35-29(2,3)4)20-23-16-18-24(34-5)19-17-23/h6-11,13-19,21,25-26,31H,12,20H2,1-5H3,(H,30,32)/b13-9+,15-14+/t21-,25-,26+/m1/s1. The number of hydrogen-bond acceptors (Lipinski definition) is 5. The Labute approximate surface area is 208 Å². The second-order valence-electron chi connectivity index (χ2n) is 9.48. The van der Waals surface area contributed by atoms with Gasteiger partial charge in [-0.25, -0.2) is 4.79 Å². The van der Waals surface area contributed by atoms with Crippen LogP contribution in [0.4, 0.5) is 0 Å². The average molecular weight is 480 g/mol. The third-order valence-corrected chi connectivity index (χ3v) is 5.25. The molecule has 188 valence electrons. The Bertz CT molecular complexity index is 990. The number of ether oxygens (including phenoxy) is 2. The lowest BCUT2D eigenvalue weighted by Gasteiger charge is -2.24. The van der Waals surface area contributed by atoms with Gasteiger partial charge in [0, 0.05) is 12.3 Å². The van der Waals surface area contributed by atoms with Gasteiger partial charge in [0.15, 0.2) is 0 Å². The van der Waals surface area contributed by atoms with Crippen LogP contribution in [0.1, 0.15) is 45.2 Å². The fourth-order valence-corrected chi connectivity index (χ4v) is 3.27. The number of carbonyl (C=O) groups is 2. The molecule has 0 spiro atoms. The van der Waals surface area contributed by atoms with Gasteiger partial charge in [0.25, 0.3) is 0 Å². The molecule has 6 nitrogen and oxygen atoms in total. The Hall–Kier alpha value is -3.38. The zero-order valence-electron chi connectivity index (χ0n) is 21.2. The molecule has 0 bridgehead atoms. The van der Waals surface area contributed by atoms with E-state index in [1.807, 2.05) is 61.5 Å².